The van der Waals surface area contributed by atoms with Crippen molar-refractivity contribution in [2.75, 3.05) is 25.0 Å². The highest BCUT2D eigenvalue weighted by Crippen LogP contribution is 2.16. The standard InChI is InChI=1S/C16H23N3O2/c1-3-19-9-5-8-15(19)11-17-16(21)13-6-4-7-14(10-13)18-12(2)20/h4,6-7,10,15H,3,5,8-9,11H2,1-2H3,(H,17,21)(H,18,20). The smallest absolute Gasteiger partial charge is 0.251 e. The van der Waals surface area contributed by atoms with E-state index in [1.165, 1.54) is 13.3 Å². The first kappa shape index (κ1) is 15.5. The molecule has 2 amide bonds. The first-order valence-electron chi connectivity index (χ1n) is 7.50. The van der Waals surface area contributed by atoms with Crippen molar-refractivity contribution in [3.8, 4) is 0 Å². The molecule has 1 fully saturated rings. The Labute approximate surface area is 125 Å². The molecule has 21 heavy (non-hydrogen) atoms. The minimum absolute atomic E-state index is 0.0924. The molecular formula is C16H23N3O2. The molecule has 1 aromatic rings. The lowest BCUT2D eigenvalue weighted by Gasteiger charge is -2.22. The van der Waals surface area contributed by atoms with E-state index in [9.17, 15) is 9.59 Å². The second-order valence-corrected chi connectivity index (χ2v) is 5.40. The number of rotatable bonds is 5. The van der Waals surface area contributed by atoms with E-state index >= 15 is 0 Å². The normalized spacial score (nSPS) is 18.5. The number of hydrogen-bond acceptors (Lipinski definition) is 3. The van der Waals surface area contributed by atoms with Crippen LogP contribution in [0.2, 0.25) is 0 Å². The van der Waals surface area contributed by atoms with Crippen molar-refractivity contribution in [1.29, 1.82) is 0 Å². The zero-order valence-electron chi connectivity index (χ0n) is 12.7. The van der Waals surface area contributed by atoms with Gasteiger partial charge in [0.25, 0.3) is 5.91 Å². The fraction of sp³-hybridized carbons (Fsp3) is 0.500. The molecule has 0 aliphatic carbocycles. The lowest BCUT2D eigenvalue weighted by molar-refractivity contribution is -0.114. The van der Waals surface area contributed by atoms with Gasteiger partial charge in [0.2, 0.25) is 5.91 Å². The quantitative estimate of drug-likeness (QED) is 0.870. The monoisotopic (exact) mass is 289 g/mol. The number of carbonyl (C=O) groups is 2. The summed E-state index contributed by atoms with van der Waals surface area (Å²) in [5.41, 5.74) is 1.22. The van der Waals surface area contributed by atoms with Gasteiger partial charge in [0.1, 0.15) is 0 Å². The van der Waals surface area contributed by atoms with E-state index < -0.39 is 0 Å². The maximum absolute atomic E-state index is 12.2. The lowest BCUT2D eigenvalue weighted by Crippen LogP contribution is -2.40. The van der Waals surface area contributed by atoms with E-state index in [0.717, 1.165) is 19.5 Å². The van der Waals surface area contributed by atoms with E-state index in [1.54, 1.807) is 24.3 Å². The van der Waals surface area contributed by atoms with E-state index in [2.05, 4.69) is 22.5 Å². The van der Waals surface area contributed by atoms with Crippen molar-refractivity contribution in [3.63, 3.8) is 0 Å². The first-order chi connectivity index (χ1) is 10.1. The highest BCUT2D eigenvalue weighted by molar-refractivity contribution is 5.96. The Morgan fingerprint density at radius 3 is 2.90 bits per heavy atom. The van der Waals surface area contributed by atoms with E-state index in [1.807, 2.05) is 0 Å². The Kier molecular flexibility index (Phi) is 5.33. The van der Waals surface area contributed by atoms with Crippen LogP contribution < -0.4 is 10.6 Å². The summed E-state index contributed by atoms with van der Waals surface area (Å²) in [4.78, 5) is 25.6. The zero-order valence-corrected chi connectivity index (χ0v) is 12.7. The number of hydrogen-bond donors (Lipinski definition) is 2. The molecular weight excluding hydrogens is 266 g/mol. The van der Waals surface area contributed by atoms with Gasteiger partial charge < -0.3 is 10.6 Å². The van der Waals surface area contributed by atoms with Crippen LogP contribution in [0.25, 0.3) is 0 Å². The maximum atomic E-state index is 12.2. The van der Waals surface area contributed by atoms with Crippen molar-refractivity contribution < 1.29 is 9.59 Å². The molecule has 0 radical (unpaired) electrons. The van der Waals surface area contributed by atoms with Crippen molar-refractivity contribution >= 4 is 17.5 Å². The molecule has 0 saturated carbocycles. The molecule has 5 nitrogen and oxygen atoms in total. The summed E-state index contributed by atoms with van der Waals surface area (Å²) >= 11 is 0. The molecule has 1 heterocycles. The number of nitrogens with zero attached hydrogens (tertiary/aromatic N) is 1. The van der Waals surface area contributed by atoms with Crippen LogP contribution in [0.1, 0.15) is 37.0 Å². The predicted octanol–water partition coefficient (Wildman–Crippen LogP) is 1.86. The fourth-order valence-electron chi connectivity index (χ4n) is 2.80. The fourth-order valence-corrected chi connectivity index (χ4v) is 2.80. The van der Waals surface area contributed by atoms with Gasteiger partial charge in [-0.15, -0.1) is 0 Å². The van der Waals surface area contributed by atoms with Crippen molar-refractivity contribution in [2.45, 2.75) is 32.7 Å². The van der Waals surface area contributed by atoms with Crippen LogP contribution in [0.15, 0.2) is 24.3 Å². The summed E-state index contributed by atoms with van der Waals surface area (Å²) in [7, 11) is 0. The van der Waals surface area contributed by atoms with Gasteiger partial charge in [-0.3, -0.25) is 14.5 Å². The SMILES string of the molecule is CCN1CCCC1CNC(=O)c1cccc(NC(C)=O)c1. The average molecular weight is 289 g/mol. The first-order valence-corrected chi connectivity index (χ1v) is 7.50. The topological polar surface area (TPSA) is 61.4 Å². The summed E-state index contributed by atoms with van der Waals surface area (Å²) in [6.45, 7) is 6.42. The van der Waals surface area contributed by atoms with Gasteiger partial charge in [-0.05, 0) is 44.1 Å². The lowest BCUT2D eigenvalue weighted by atomic mass is 10.1. The minimum Gasteiger partial charge on any atom is -0.350 e. The highest BCUT2D eigenvalue weighted by Gasteiger charge is 2.23. The van der Waals surface area contributed by atoms with Gasteiger partial charge in [-0.1, -0.05) is 13.0 Å². The zero-order chi connectivity index (χ0) is 15.2. The number of nitrogens with one attached hydrogen (secondary N) is 2. The molecule has 1 unspecified atom stereocenters. The molecule has 1 atom stereocenters. The predicted molar refractivity (Wildman–Crippen MR) is 83.3 cm³/mol. The van der Waals surface area contributed by atoms with Gasteiger partial charge in [0, 0.05) is 30.8 Å². The van der Waals surface area contributed by atoms with Gasteiger partial charge in [-0.25, -0.2) is 0 Å². The van der Waals surface area contributed by atoms with Crippen molar-refractivity contribution in [1.82, 2.24) is 10.2 Å². The number of benzene rings is 1. The number of likely N-dealkylation sites (tertiary alicyclic amines) is 1. The third-order valence-electron chi connectivity index (χ3n) is 3.85. The van der Waals surface area contributed by atoms with Crippen LogP contribution in [-0.2, 0) is 4.79 Å². The molecule has 2 rings (SSSR count). The van der Waals surface area contributed by atoms with Crippen LogP contribution in [0, 0.1) is 0 Å². The van der Waals surface area contributed by atoms with Gasteiger partial charge in [0.05, 0.1) is 0 Å². The molecule has 114 valence electrons. The highest BCUT2D eigenvalue weighted by atomic mass is 16.2. The van der Waals surface area contributed by atoms with Crippen molar-refractivity contribution in [2.24, 2.45) is 0 Å². The molecule has 0 bridgehead atoms. The van der Waals surface area contributed by atoms with Crippen molar-refractivity contribution in [3.05, 3.63) is 29.8 Å². The Bertz CT molecular complexity index is 516. The molecule has 1 saturated heterocycles. The summed E-state index contributed by atoms with van der Waals surface area (Å²) in [6.07, 6.45) is 2.34. The molecule has 1 aliphatic heterocycles. The summed E-state index contributed by atoms with van der Waals surface area (Å²) in [5, 5.41) is 5.68. The summed E-state index contributed by atoms with van der Waals surface area (Å²) < 4.78 is 0. The van der Waals surface area contributed by atoms with E-state index in [4.69, 9.17) is 0 Å². The maximum Gasteiger partial charge on any atom is 0.251 e. The van der Waals surface area contributed by atoms with E-state index in [0.29, 0.717) is 23.8 Å². The Hall–Kier alpha value is -1.88. The van der Waals surface area contributed by atoms with Crippen LogP contribution in [-0.4, -0.2) is 42.4 Å². The van der Waals surface area contributed by atoms with Crippen LogP contribution in [0.4, 0.5) is 5.69 Å². The molecule has 0 aromatic heterocycles. The van der Waals surface area contributed by atoms with Gasteiger partial charge in [0.15, 0.2) is 0 Å². The Morgan fingerprint density at radius 1 is 1.38 bits per heavy atom. The Balaban J connectivity index is 1.92. The second-order valence-electron chi connectivity index (χ2n) is 5.40. The van der Waals surface area contributed by atoms with Gasteiger partial charge in [-0.2, -0.15) is 0 Å². The number of amides is 2. The summed E-state index contributed by atoms with van der Waals surface area (Å²) in [5.74, 6) is -0.234. The second kappa shape index (κ2) is 7.22. The molecule has 5 heteroatoms. The molecule has 1 aromatic carbocycles. The average Bonchev–Trinajstić information content (AvgIpc) is 2.91. The minimum atomic E-state index is -0.142. The van der Waals surface area contributed by atoms with Crippen LogP contribution >= 0.6 is 0 Å². The van der Waals surface area contributed by atoms with Crippen LogP contribution in [0.3, 0.4) is 0 Å². The number of anilines is 1. The largest absolute Gasteiger partial charge is 0.350 e. The summed E-state index contributed by atoms with van der Waals surface area (Å²) in [6, 6.07) is 7.44. The number of likely N-dealkylation sites (N-methyl/N-ethyl adjacent to an activating group) is 1. The third-order valence-corrected chi connectivity index (χ3v) is 3.85. The third kappa shape index (κ3) is 4.29. The molecule has 2 N–H and O–H groups in total. The van der Waals surface area contributed by atoms with E-state index in [-0.39, 0.29) is 11.8 Å². The number of carbonyl (C=O) groups excluding carboxylic acids is 2. The molecule has 1 aliphatic rings. The van der Waals surface area contributed by atoms with Crippen LogP contribution in [0.5, 0.6) is 0 Å². The molecule has 0 spiro atoms. The van der Waals surface area contributed by atoms with Gasteiger partial charge >= 0.3 is 0 Å². The Morgan fingerprint density at radius 2 is 2.19 bits per heavy atom.